The molecule has 0 radical (unpaired) electrons. The number of aliphatic hydroxyl groups is 1. The van der Waals surface area contributed by atoms with Gasteiger partial charge in [-0.3, -0.25) is 14.5 Å². The largest absolute Gasteiger partial charge is 0.507 e. The van der Waals surface area contributed by atoms with E-state index in [9.17, 15) is 14.7 Å². The first kappa shape index (κ1) is 22.6. The number of aromatic nitrogens is 1. The lowest BCUT2D eigenvalue weighted by Gasteiger charge is -2.23. The average molecular weight is 487 g/mol. The molecule has 0 bridgehead atoms. The van der Waals surface area contributed by atoms with Crippen LogP contribution in [0, 0.1) is 6.92 Å². The number of carbonyl (C=O) groups is 2. The van der Waals surface area contributed by atoms with Gasteiger partial charge in [-0.05, 0) is 42.3 Å². The van der Waals surface area contributed by atoms with Gasteiger partial charge in [-0.15, -0.1) is 0 Å². The number of carbonyl (C=O) groups excluding carboxylic acids is 2. The molecule has 3 aromatic carbocycles. The number of aryl methyl sites for hydroxylation is 1. The molecule has 0 spiro atoms. The molecule has 1 fully saturated rings. The minimum atomic E-state index is -0.906. The molecule has 5 rings (SSSR count). The number of aliphatic hydroxyl groups excluding tert-OH is 1. The summed E-state index contributed by atoms with van der Waals surface area (Å²) in [5.74, 6) is -0.829. The van der Waals surface area contributed by atoms with E-state index < -0.39 is 17.7 Å². The molecule has 1 saturated heterocycles. The van der Waals surface area contributed by atoms with E-state index in [1.807, 2.05) is 31.2 Å². The lowest BCUT2D eigenvalue weighted by atomic mass is 9.95. The number of benzene rings is 3. The van der Waals surface area contributed by atoms with Crippen LogP contribution in [0.25, 0.3) is 16.0 Å². The Hall–Kier alpha value is -4.17. The summed E-state index contributed by atoms with van der Waals surface area (Å²) >= 11 is 1.32. The van der Waals surface area contributed by atoms with Gasteiger partial charge in [0.15, 0.2) is 16.6 Å². The Kier molecular flexibility index (Phi) is 5.74. The van der Waals surface area contributed by atoms with Crippen LogP contribution in [-0.2, 0) is 9.59 Å². The van der Waals surface area contributed by atoms with Crippen LogP contribution in [0.5, 0.6) is 11.5 Å². The first-order chi connectivity index (χ1) is 16.9. The van der Waals surface area contributed by atoms with Gasteiger partial charge in [0.05, 0.1) is 36.1 Å². The van der Waals surface area contributed by atoms with Crippen molar-refractivity contribution in [1.82, 2.24) is 4.98 Å². The van der Waals surface area contributed by atoms with Gasteiger partial charge >= 0.3 is 5.91 Å². The van der Waals surface area contributed by atoms with Gasteiger partial charge in [-0.1, -0.05) is 53.8 Å². The molecule has 7 nitrogen and oxygen atoms in total. The summed E-state index contributed by atoms with van der Waals surface area (Å²) in [5, 5.41) is 11.6. The molecule has 2 heterocycles. The van der Waals surface area contributed by atoms with Crippen LogP contribution in [-0.4, -0.2) is 36.0 Å². The van der Waals surface area contributed by atoms with Crippen molar-refractivity contribution in [3.05, 3.63) is 89.0 Å². The molecule has 0 saturated carbocycles. The van der Waals surface area contributed by atoms with E-state index in [1.54, 1.807) is 42.5 Å². The molecular formula is C27H22N2O5S. The van der Waals surface area contributed by atoms with Gasteiger partial charge in [0.1, 0.15) is 5.76 Å². The van der Waals surface area contributed by atoms with Crippen LogP contribution in [0.2, 0.25) is 0 Å². The molecule has 0 unspecified atom stereocenters. The highest BCUT2D eigenvalue weighted by atomic mass is 32.1. The number of rotatable bonds is 5. The van der Waals surface area contributed by atoms with Gasteiger partial charge in [-0.25, -0.2) is 4.98 Å². The van der Waals surface area contributed by atoms with E-state index in [2.05, 4.69) is 4.98 Å². The minimum absolute atomic E-state index is 0.0103. The predicted molar refractivity (Wildman–Crippen MR) is 135 cm³/mol. The van der Waals surface area contributed by atoms with E-state index in [4.69, 9.17) is 9.47 Å². The van der Waals surface area contributed by atoms with Crippen molar-refractivity contribution in [3.8, 4) is 11.5 Å². The number of thiazole rings is 1. The number of hydrogen-bond donors (Lipinski definition) is 1. The Morgan fingerprint density at radius 2 is 1.71 bits per heavy atom. The fourth-order valence-electron chi connectivity index (χ4n) is 4.24. The number of ether oxygens (including phenoxy) is 2. The zero-order valence-electron chi connectivity index (χ0n) is 19.3. The van der Waals surface area contributed by atoms with Crippen molar-refractivity contribution in [2.24, 2.45) is 0 Å². The van der Waals surface area contributed by atoms with E-state index in [0.717, 1.165) is 15.8 Å². The number of anilines is 1. The maximum Gasteiger partial charge on any atom is 0.301 e. The van der Waals surface area contributed by atoms with Crippen LogP contribution in [0.1, 0.15) is 22.7 Å². The summed E-state index contributed by atoms with van der Waals surface area (Å²) in [7, 11) is 3.04. The lowest BCUT2D eigenvalue weighted by molar-refractivity contribution is -0.132. The molecular weight excluding hydrogens is 464 g/mol. The summed E-state index contributed by atoms with van der Waals surface area (Å²) in [6.07, 6.45) is 0. The molecule has 0 aliphatic carbocycles. The third kappa shape index (κ3) is 3.81. The fourth-order valence-corrected chi connectivity index (χ4v) is 5.33. The standard InChI is InChI=1S/C27H22N2O5S/c1-15-9-11-18-21(13-15)35-27(28-18)29-23(17-10-12-19(33-2)20(14-17)34-3)22(25(31)26(29)32)24(30)16-7-5-4-6-8-16/h4-14,23,30H,1-3H3/t23-/m1/s1. The van der Waals surface area contributed by atoms with Crippen LogP contribution in [0.4, 0.5) is 5.13 Å². The monoisotopic (exact) mass is 486 g/mol. The number of hydrogen-bond acceptors (Lipinski definition) is 7. The van der Waals surface area contributed by atoms with Crippen molar-refractivity contribution in [2.45, 2.75) is 13.0 Å². The molecule has 1 amide bonds. The van der Waals surface area contributed by atoms with Crippen molar-refractivity contribution in [3.63, 3.8) is 0 Å². The number of nitrogens with zero attached hydrogens (tertiary/aromatic N) is 2. The molecule has 176 valence electrons. The van der Waals surface area contributed by atoms with Crippen molar-refractivity contribution < 1.29 is 24.2 Å². The number of fused-ring (bicyclic) bond motifs is 1. The van der Waals surface area contributed by atoms with Crippen molar-refractivity contribution in [2.75, 3.05) is 19.1 Å². The molecule has 8 heteroatoms. The zero-order valence-corrected chi connectivity index (χ0v) is 20.1. The third-order valence-electron chi connectivity index (χ3n) is 5.95. The predicted octanol–water partition coefficient (Wildman–Crippen LogP) is 5.25. The highest BCUT2D eigenvalue weighted by Gasteiger charge is 2.48. The fraction of sp³-hybridized carbons (Fsp3) is 0.148. The van der Waals surface area contributed by atoms with Crippen LogP contribution >= 0.6 is 11.3 Å². The lowest BCUT2D eigenvalue weighted by Crippen LogP contribution is -2.29. The molecule has 1 aliphatic heterocycles. The zero-order chi connectivity index (χ0) is 24.7. The first-order valence-electron chi connectivity index (χ1n) is 10.9. The van der Waals surface area contributed by atoms with Crippen LogP contribution in [0.3, 0.4) is 0 Å². The smallest absolute Gasteiger partial charge is 0.301 e. The number of amides is 1. The summed E-state index contributed by atoms with van der Waals surface area (Å²) in [6, 6.07) is 18.8. The highest BCUT2D eigenvalue weighted by Crippen LogP contribution is 2.45. The minimum Gasteiger partial charge on any atom is -0.507 e. The molecule has 1 atom stereocenters. The Bertz CT molecular complexity index is 1490. The molecule has 1 aliphatic rings. The van der Waals surface area contributed by atoms with E-state index in [0.29, 0.717) is 27.8 Å². The summed E-state index contributed by atoms with van der Waals surface area (Å²) < 4.78 is 11.7. The first-order valence-corrected chi connectivity index (χ1v) is 11.7. The summed E-state index contributed by atoms with van der Waals surface area (Å²) in [5.41, 5.74) is 2.80. The second kappa shape index (κ2) is 8.88. The maximum absolute atomic E-state index is 13.4. The molecule has 4 aromatic rings. The number of ketones is 1. The topological polar surface area (TPSA) is 89.0 Å². The summed E-state index contributed by atoms with van der Waals surface area (Å²) in [6.45, 7) is 1.98. The van der Waals surface area contributed by atoms with Crippen molar-refractivity contribution in [1.29, 1.82) is 0 Å². The third-order valence-corrected chi connectivity index (χ3v) is 6.97. The average Bonchev–Trinajstić information content (AvgIpc) is 3.41. The van der Waals surface area contributed by atoms with Gasteiger partial charge in [0, 0.05) is 5.56 Å². The van der Waals surface area contributed by atoms with E-state index in [1.165, 1.54) is 30.5 Å². The maximum atomic E-state index is 13.4. The Morgan fingerprint density at radius 1 is 0.971 bits per heavy atom. The quantitative estimate of drug-likeness (QED) is 0.236. The normalized spacial score (nSPS) is 17.2. The Morgan fingerprint density at radius 3 is 2.43 bits per heavy atom. The number of Topliss-reactive ketones (excluding diaryl/α,β-unsaturated/α-hetero) is 1. The van der Waals surface area contributed by atoms with Crippen molar-refractivity contribution >= 4 is 44.1 Å². The highest BCUT2D eigenvalue weighted by molar-refractivity contribution is 7.22. The van der Waals surface area contributed by atoms with Crippen LogP contribution in [0.15, 0.2) is 72.3 Å². The van der Waals surface area contributed by atoms with Gasteiger partial charge in [-0.2, -0.15) is 0 Å². The second-order valence-corrected chi connectivity index (χ2v) is 9.13. The molecule has 35 heavy (non-hydrogen) atoms. The van der Waals surface area contributed by atoms with E-state index >= 15 is 0 Å². The van der Waals surface area contributed by atoms with Gasteiger partial charge in [0.2, 0.25) is 0 Å². The Balaban J connectivity index is 1.75. The molecule has 1 N–H and O–H groups in total. The van der Waals surface area contributed by atoms with Gasteiger partial charge < -0.3 is 14.6 Å². The number of methoxy groups -OCH3 is 2. The molecule has 1 aromatic heterocycles. The Labute approximate surface area is 205 Å². The SMILES string of the molecule is COc1ccc([C@@H]2C(=C(O)c3ccccc3)C(=O)C(=O)N2c2nc3ccc(C)cc3s2)cc1OC. The van der Waals surface area contributed by atoms with E-state index in [-0.39, 0.29) is 11.3 Å². The van der Waals surface area contributed by atoms with Gasteiger partial charge in [0.25, 0.3) is 5.78 Å². The summed E-state index contributed by atoms with van der Waals surface area (Å²) in [4.78, 5) is 32.8. The van der Waals surface area contributed by atoms with Crippen LogP contribution < -0.4 is 14.4 Å². The second-order valence-electron chi connectivity index (χ2n) is 8.12.